The fraction of sp³-hybridized carbons (Fsp3) is 0.625. The summed E-state index contributed by atoms with van der Waals surface area (Å²) in [7, 11) is 0. The molecule has 110 valence electrons. The smallest absolute Gasteiger partial charge is 0.255 e. The van der Waals surface area contributed by atoms with Gasteiger partial charge in [-0.05, 0) is 38.8 Å². The zero-order valence-electron chi connectivity index (χ0n) is 12.6. The van der Waals surface area contributed by atoms with Gasteiger partial charge >= 0.3 is 0 Å². The molecule has 0 aromatic carbocycles. The van der Waals surface area contributed by atoms with Gasteiger partial charge in [-0.25, -0.2) is 4.98 Å². The van der Waals surface area contributed by atoms with Gasteiger partial charge in [-0.3, -0.25) is 4.79 Å². The molecule has 0 atom stereocenters. The molecule has 0 bridgehead atoms. The summed E-state index contributed by atoms with van der Waals surface area (Å²) in [6.07, 6.45) is 7.70. The predicted molar refractivity (Wildman–Crippen MR) is 82.1 cm³/mol. The van der Waals surface area contributed by atoms with Crippen LogP contribution < -0.4 is 10.2 Å². The highest BCUT2D eigenvalue weighted by atomic mass is 16.1. The maximum atomic E-state index is 12.5. The van der Waals surface area contributed by atoms with Gasteiger partial charge < -0.3 is 10.2 Å². The van der Waals surface area contributed by atoms with Gasteiger partial charge in [0, 0.05) is 25.3 Å². The van der Waals surface area contributed by atoms with Gasteiger partial charge in [0.15, 0.2) is 0 Å². The zero-order chi connectivity index (χ0) is 14.4. The van der Waals surface area contributed by atoms with Crippen LogP contribution in [0.5, 0.6) is 0 Å². The first kappa shape index (κ1) is 14.8. The lowest BCUT2D eigenvalue weighted by atomic mass is 9.95. The minimum atomic E-state index is 0.0203. The Balaban J connectivity index is 2.12. The maximum Gasteiger partial charge on any atom is 0.255 e. The standard InChI is InChI=1S/C16H25N3O/c1-3-19(4-2)15-14(11-8-12-17-15)16(20)18-13-9-6-5-7-10-13/h8,11-13H,3-7,9-10H2,1-2H3,(H,18,20). The Kier molecular flexibility index (Phi) is 5.39. The summed E-state index contributed by atoms with van der Waals surface area (Å²) in [6.45, 7) is 5.89. The number of amides is 1. The predicted octanol–water partition coefficient (Wildman–Crippen LogP) is 2.99. The Bertz CT molecular complexity index is 437. The highest BCUT2D eigenvalue weighted by Crippen LogP contribution is 2.20. The lowest BCUT2D eigenvalue weighted by molar-refractivity contribution is 0.0928. The van der Waals surface area contributed by atoms with Crippen molar-refractivity contribution in [1.82, 2.24) is 10.3 Å². The van der Waals surface area contributed by atoms with Gasteiger partial charge in [0.25, 0.3) is 5.91 Å². The summed E-state index contributed by atoms with van der Waals surface area (Å²) in [4.78, 5) is 19.0. The first-order valence-electron chi connectivity index (χ1n) is 7.77. The van der Waals surface area contributed by atoms with E-state index in [-0.39, 0.29) is 5.91 Å². The van der Waals surface area contributed by atoms with Gasteiger partial charge in [-0.1, -0.05) is 19.3 Å². The molecule has 1 aliphatic rings. The molecular weight excluding hydrogens is 250 g/mol. The van der Waals surface area contributed by atoms with Crippen molar-refractivity contribution in [1.29, 1.82) is 0 Å². The lowest BCUT2D eigenvalue weighted by Gasteiger charge is -2.25. The van der Waals surface area contributed by atoms with E-state index in [4.69, 9.17) is 0 Å². The van der Waals surface area contributed by atoms with E-state index in [0.29, 0.717) is 11.6 Å². The number of anilines is 1. The Morgan fingerprint density at radius 2 is 2.00 bits per heavy atom. The molecular formula is C16H25N3O. The molecule has 1 aromatic rings. The van der Waals surface area contributed by atoms with E-state index >= 15 is 0 Å². The quantitative estimate of drug-likeness (QED) is 0.898. The SMILES string of the molecule is CCN(CC)c1ncccc1C(=O)NC1CCCCC1. The number of carbonyl (C=O) groups excluding carboxylic acids is 1. The number of nitrogens with one attached hydrogen (secondary N) is 1. The normalized spacial score (nSPS) is 15.9. The fourth-order valence-corrected chi connectivity index (χ4v) is 2.86. The minimum Gasteiger partial charge on any atom is -0.357 e. The average molecular weight is 275 g/mol. The molecule has 1 aliphatic carbocycles. The number of rotatable bonds is 5. The minimum absolute atomic E-state index is 0.0203. The third kappa shape index (κ3) is 3.50. The number of pyridine rings is 1. The molecule has 1 saturated carbocycles. The van der Waals surface area contributed by atoms with E-state index in [0.717, 1.165) is 31.7 Å². The second kappa shape index (κ2) is 7.27. The first-order chi connectivity index (χ1) is 9.76. The van der Waals surface area contributed by atoms with Crippen LogP contribution in [0.1, 0.15) is 56.3 Å². The third-order valence-corrected chi connectivity index (χ3v) is 4.03. The molecule has 0 saturated heterocycles. The monoisotopic (exact) mass is 275 g/mol. The molecule has 1 N–H and O–H groups in total. The highest BCUT2D eigenvalue weighted by molar-refractivity contribution is 5.99. The van der Waals surface area contributed by atoms with E-state index in [9.17, 15) is 4.79 Å². The van der Waals surface area contributed by atoms with Crippen molar-refractivity contribution in [3.8, 4) is 0 Å². The summed E-state index contributed by atoms with van der Waals surface area (Å²) in [5.41, 5.74) is 0.696. The van der Waals surface area contributed by atoms with Crippen LogP contribution in [0.25, 0.3) is 0 Å². The van der Waals surface area contributed by atoms with Crippen molar-refractivity contribution in [3.05, 3.63) is 23.9 Å². The Morgan fingerprint density at radius 3 is 2.65 bits per heavy atom. The Hall–Kier alpha value is -1.58. The molecule has 0 aliphatic heterocycles. The van der Waals surface area contributed by atoms with Gasteiger partial charge in [-0.15, -0.1) is 0 Å². The Labute approximate surface area is 121 Å². The van der Waals surface area contributed by atoms with Crippen LogP contribution >= 0.6 is 0 Å². The second-order valence-electron chi connectivity index (χ2n) is 5.36. The molecule has 4 nitrogen and oxygen atoms in total. The molecule has 0 radical (unpaired) electrons. The third-order valence-electron chi connectivity index (χ3n) is 4.03. The number of aromatic nitrogens is 1. The summed E-state index contributed by atoms with van der Waals surface area (Å²) in [6, 6.07) is 4.04. The van der Waals surface area contributed by atoms with E-state index in [2.05, 4.69) is 29.0 Å². The van der Waals surface area contributed by atoms with E-state index in [1.54, 1.807) is 6.20 Å². The van der Waals surface area contributed by atoms with Gasteiger partial charge in [0.05, 0.1) is 5.56 Å². The van der Waals surface area contributed by atoms with Crippen molar-refractivity contribution in [2.24, 2.45) is 0 Å². The Morgan fingerprint density at radius 1 is 1.30 bits per heavy atom. The summed E-state index contributed by atoms with van der Waals surface area (Å²) in [5, 5.41) is 3.17. The molecule has 1 heterocycles. The van der Waals surface area contributed by atoms with Crippen LogP contribution in [-0.2, 0) is 0 Å². The topological polar surface area (TPSA) is 45.2 Å². The van der Waals surface area contributed by atoms with E-state index in [1.165, 1.54) is 19.3 Å². The summed E-state index contributed by atoms with van der Waals surface area (Å²) >= 11 is 0. The van der Waals surface area contributed by atoms with E-state index in [1.807, 2.05) is 12.1 Å². The molecule has 1 amide bonds. The highest BCUT2D eigenvalue weighted by Gasteiger charge is 2.20. The molecule has 20 heavy (non-hydrogen) atoms. The van der Waals surface area contributed by atoms with Crippen molar-refractivity contribution >= 4 is 11.7 Å². The van der Waals surface area contributed by atoms with Crippen LogP contribution in [-0.4, -0.2) is 30.0 Å². The van der Waals surface area contributed by atoms with Gasteiger partial charge in [0.1, 0.15) is 5.82 Å². The van der Waals surface area contributed by atoms with Gasteiger partial charge in [-0.2, -0.15) is 0 Å². The number of carbonyl (C=O) groups is 1. The van der Waals surface area contributed by atoms with Crippen molar-refractivity contribution < 1.29 is 4.79 Å². The van der Waals surface area contributed by atoms with Crippen LogP contribution in [0.3, 0.4) is 0 Å². The maximum absolute atomic E-state index is 12.5. The number of hydrogen-bond donors (Lipinski definition) is 1. The zero-order valence-corrected chi connectivity index (χ0v) is 12.6. The summed E-state index contributed by atoms with van der Waals surface area (Å²) in [5.74, 6) is 0.817. The number of hydrogen-bond acceptors (Lipinski definition) is 3. The molecule has 1 fully saturated rings. The average Bonchev–Trinajstić information content (AvgIpc) is 2.50. The molecule has 0 unspecified atom stereocenters. The van der Waals surface area contributed by atoms with Gasteiger partial charge in [0.2, 0.25) is 0 Å². The molecule has 0 spiro atoms. The van der Waals surface area contributed by atoms with Crippen molar-refractivity contribution in [2.75, 3.05) is 18.0 Å². The first-order valence-corrected chi connectivity index (χ1v) is 7.77. The van der Waals surface area contributed by atoms with Crippen LogP contribution in [0.2, 0.25) is 0 Å². The molecule has 4 heteroatoms. The number of nitrogens with zero attached hydrogens (tertiary/aromatic N) is 2. The summed E-state index contributed by atoms with van der Waals surface area (Å²) < 4.78 is 0. The molecule has 1 aromatic heterocycles. The van der Waals surface area contributed by atoms with Crippen molar-refractivity contribution in [2.45, 2.75) is 52.0 Å². The largest absolute Gasteiger partial charge is 0.357 e. The van der Waals surface area contributed by atoms with Crippen molar-refractivity contribution in [3.63, 3.8) is 0 Å². The van der Waals surface area contributed by atoms with Crippen LogP contribution in [0, 0.1) is 0 Å². The molecule has 2 rings (SSSR count). The lowest BCUT2D eigenvalue weighted by Crippen LogP contribution is -2.37. The second-order valence-corrected chi connectivity index (χ2v) is 5.36. The fourth-order valence-electron chi connectivity index (χ4n) is 2.86. The van der Waals surface area contributed by atoms with E-state index < -0.39 is 0 Å². The van der Waals surface area contributed by atoms with Crippen LogP contribution in [0.4, 0.5) is 5.82 Å². The van der Waals surface area contributed by atoms with Crippen LogP contribution in [0.15, 0.2) is 18.3 Å².